The van der Waals surface area contributed by atoms with Crippen molar-refractivity contribution >= 4 is 18.3 Å². The SMILES string of the molecule is Cl.O=C(CCC1CCCN1)NCCC1CC1. The maximum absolute atomic E-state index is 11.5. The minimum Gasteiger partial charge on any atom is -0.356 e. The van der Waals surface area contributed by atoms with Gasteiger partial charge in [0, 0.05) is 19.0 Å². The average molecular weight is 247 g/mol. The minimum atomic E-state index is 0. The van der Waals surface area contributed by atoms with E-state index >= 15 is 0 Å². The predicted molar refractivity (Wildman–Crippen MR) is 67.9 cm³/mol. The van der Waals surface area contributed by atoms with Crippen LogP contribution in [0.5, 0.6) is 0 Å². The Balaban J connectivity index is 0.00000128. The predicted octanol–water partition coefficient (Wildman–Crippen LogP) is 1.86. The van der Waals surface area contributed by atoms with Gasteiger partial charge in [0.05, 0.1) is 0 Å². The second kappa shape index (κ2) is 7.13. The van der Waals surface area contributed by atoms with Crippen LogP contribution in [0.2, 0.25) is 0 Å². The van der Waals surface area contributed by atoms with Gasteiger partial charge in [-0.15, -0.1) is 12.4 Å². The van der Waals surface area contributed by atoms with Crippen molar-refractivity contribution in [3.8, 4) is 0 Å². The van der Waals surface area contributed by atoms with E-state index in [0.29, 0.717) is 12.5 Å². The molecule has 2 aliphatic rings. The van der Waals surface area contributed by atoms with Crippen LogP contribution in [0.4, 0.5) is 0 Å². The van der Waals surface area contributed by atoms with E-state index in [0.717, 1.165) is 25.4 Å². The third-order valence-corrected chi connectivity index (χ3v) is 3.45. The summed E-state index contributed by atoms with van der Waals surface area (Å²) in [5.74, 6) is 1.16. The van der Waals surface area contributed by atoms with Crippen LogP contribution >= 0.6 is 12.4 Å². The van der Waals surface area contributed by atoms with Gasteiger partial charge in [0.1, 0.15) is 0 Å². The van der Waals surface area contributed by atoms with Gasteiger partial charge in [-0.3, -0.25) is 4.79 Å². The molecule has 4 heteroatoms. The quantitative estimate of drug-likeness (QED) is 0.751. The number of nitrogens with one attached hydrogen (secondary N) is 2. The van der Waals surface area contributed by atoms with E-state index in [2.05, 4.69) is 10.6 Å². The van der Waals surface area contributed by atoms with Gasteiger partial charge in [0.2, 0.25) is 5.91 Å². The van der Waals surface area contributed by atoms with Gasteiger partial charge in [-0.05, 0) is 38.1 Å². The number of hydrogen-bond donors (Lipinski definition) is 2. The van der Waals surface area contributed by atoms with Gasteiger partial charge in [-0.1, -0.05) is 12.8 Å². The standard InChI is InChI=1S/C12H22N2O.ClH/c15-12(14-9-7-10-3-4-10)6-5-11-2-1-8-13-11;/h10-11,13H,1-9H2,(H,14,15);1H. The van der Waals surface area contributed by atoms with Gasteiger partial charge in [-0.25, -0.2) is 0 Å². The number of halogens is 1. The zero-order chi connectivity index (χ0) is 10.5. The molecule has 1 amide bonds. The molecule has 2 N–H and O–H groups in total. The minimum absolute atomic E-state index is 0. The highest BCUT2D eigenvalue weighted by Gasteiger charge is 2.20. The largest absolute Gasteiger partial charge is 0.356 e. The molecule has 1 aliphatic carbocycles. The van der Waals surface area contributed by atoms with Gasteiger partial charge < -0.3 is 10.6 Å². The Labute approximate surface area is 104 Å². The lowest BCUT2D eigenvalue weighted by atomic mass is 10.1. The van der Waals surface area contributed by atoms with Crippen LogP contribution in [0.1, 0.15) is 44.9 Å². The third kappa shape index (κ3) is 5.17. The van der Waals surface area contributed by atoms with Crippen LogP contribution in [0.3, 0.4) is 0 Å². The van der Waals surface area contributed by atoms with Crippen LogP contribution < -0.4 is 10.6 Å². The maximum atomic E-state index is 11.5. The molecule has 1 atom stereocenters. The average Bonchev–Trinajstić information content (AvgIpc) is 2.91. The molecule has 0 aromatic heterocycles. The summed E-state index contributed by atoms with van der Waals surface area (Å²) in [5.41, 5.74) is 0. The van der Waals surface area contributed by atoms with E-state index in [1.54, 1.807) is 0 Å². The summed E-state index contributed by atoms with van der Waals surface area (Å²) in [6.07, 6.45) is 8.16. The summed E-state index contributed by atoms with van der Waals surface area (Å²) >= 11 is 0. The molecule has 3 nitrogen and oxygen atoms in total. The van der Waals surface area contributed by atoms with Crippen molar-refractivity contribution in [1.29, 1.82) is 0 Å². The first-order valence-corrected chi connectivity index (χ1v) is 6.34. The van der Waals surface area contributed by atoms with Crippen molar-refractivity contribution in [2.24, 2.45) is 5.92 Å². The number of carbonyl (C=O) groups is 1. The summed E-state index contributed by atoms with van der Waals surface area (Å²) in [4.78, 5) is 11.5. The second-order valence-corrected chi connectivity index (χ2v) is 4.91. The Morgan fingerprint density at radius 1 is 1.25 bits per heavy atom. The number of amides is 1. The Morgan fingerprint density at radius 2 is 2.06 bits per heavy atom. The van der Waals surface area contributed by atoms with Gasteiger partial charge >= 0.3 is 0 Å². The van der Waals surface area contributed by atoms with Crippen molar-refractivity contribution in [3.05, 3.63) is 0 Å². The number of hydrogen-bond acceptors (Lipinski definition) is 2. The molecule has 16 heavy (non-hydrogen) atoms. The normalized spacial score (nSPS) is 23.9. The summed E-state index contributed by atoms with van der Waals surface area (Å²) in [7, 11) is 0. The molecule has 0 radical (unpaired) electrons. The van der Waals surface area contributed by atoms with Crippen molar-refractivity contribution in [2.75, 3.05) is 13.1 Å². The molecule has 1 aliphatic heterocycles. The molecule has 2 rings (SSSR count). The van der Waals surface area contributed by atoms with E-state index in [1.807, 2.05) is 0 Å². The zero-order valence-corrected chi connectivity index (χ0v) is 10.7. The van der Waals surface area contributed by atoms with Crippen LogP contribution in [-0.4, -0.2) is 25.0 Å². The first-order valence-electron chi connectivity index (χ1n) is 6.34. The van der Waals surface area contributed by atoms with Gasteiger partial charge in [0.25, 0.3) is 0 Å². The van der Waals surface area contributed by atoms with E-state index < -0.39 is 0 Å². The summed E-state index contributed by atoms with van der Waals surface area (Å²) in [6, 6.07) is 0.596. The third-order valence-electron chi connectivity index (χ3n) is 3.45. The first-order chi connectivity index (χ1) is 7.34. The maximum Gasteiger partial charge on any atom is 0.220 e. The second-order valence-electron chi connectivity index (χ2n) is 4.91. The molecule has 94 valence electrons. The fourth-order valence-corrected chi connectivity index (χ4v) is 2.22. The van der Waals surface area contributed by atoms with Crippen LogP contribution in [-0.2, 0) is 4.79 Å². The Morgan fingerprint density at radius 3 is 2.69 bits per heavy atom. The lowest BCUT2D eigenvalue weighted by Gasteiger charge is -2.09. The van der Waals surface area contributed by atoms with E-state index in [9.17, 15) is 4.79 Å². The Bertz CT molecular complexity index is 213. The highest BCUT2D eigenvalue weighted by molar-refractivity contribution is 5.85. The van der Waals surface area contributed by atoms with E-state index in [1.165, 1.54) is 32.1 Å². The highest BCUT2D eigenvalue weighted by atomic mass is 35.5. The molecular formula is C12H23ClN2O. The van der Waals surface area contributed by atoms with Gasteiger partial charge in [0.15, 0.2) is 0 Å². The van der Waals surface area contributed by atoms with Crippen molar-refractivity contribution in [2.45, 2.75) is 51.0 Å². The van der Waals surface area contributed by atoms with Crippen molar-refractivity contribution in [1.82, 2.24) is 10.6 Å². The molecular weight excluding hydrogens is 224 g/mol. The molecule has 1 heterocycles. The molecule has 0 spiro atoms. The van der Waals surface area contributed by atoms with E-state index in [-0.39, 0.29) is 18.3 Å². The molecule has 0 bridgehead atoms. The molecule has 1 saturated heterocycles. The number of carbonyl (C=O) groups excluding carboxylic acids is 1. The van der Waals surface area contributed by atoms with Crippen molar-refractivity contribution < 1.29 is 4.79 Å². The van der Waals surface area contributed by atoms with E-state index in [4.69, 9.17) is 0 Å². The smallest absolute Gasteiger partial charge is 0.220 e. The summed E-state index contributed by atoms with van der Waals surface area (Å²) in [5, 5.41) is 6.43. The van der Waals surface area contributed by atoms with Crippen molar-refractivity contribution in [3.63, 3.8) is 0 Å². The molecule has 0 aromatic carbocycles. The Hall–Kier alpha value is -0.280. The topological polar surface area (TPSA) is 41.1 Å². The van der Waals surface area contributed by atoms with Crippen LogP contribution in [0, 0.1) is 5.92 Å². The lowest BCUT2D eigenvalue weighted by Crippen LogP contribution is -2.28. The molecule has 0 aromatic rings. The highest BCUT2D eigenvalue weighted by Crippen LogP contribution is 2.31. The number of rotatable bonds is 6. The monoisotopic (exact) mass is 246 g/mol. The summed E-state index contributed by atoms with van der Waals surface area (Å²) in [6.45, 7) is 2.02. The first kappa shape index (κ1) is 13.8. The molecule has 1 saturated carbocycles. The molecule has 1 unspecified atom stereocenters. The lowest BCUT2D eigenvalue weighted by molar-refractivity contribution is -0.121. The van der Waals surface area contributed by atoms with Crippen LogP contribution in [0.25, 0.3) is 0 Å². The fraction of sp³-hybridized carbons (Fsp3) is 0.917. The zero-order valence-electron chi connectivity index (χ0n) is 9.84. The van der Waals surface area contributed by atoms with Gasteiger partial charge in [-0.2, -0.15) is 0 Å². The fourth-order valence-electron chi connectivity index (χ4n) is 2.22. The van der Waals surface area contributed by atoms with Crippen LogP contribution in [0.15, 0.2) is 0 Å². The Kier molecular flexibility index (Phi) is 6.14. The molecule has 2 fully saturated rings. The summed E-state index contributed by atoms with van der Waals surface area (Å²) < 4.78 is 0.